The Morgan fingerprint density at radius 2 is 2.08 bits per heavy atom. The van der Waals surface area contributed by atoms with Crippen LogP contribution in [0.4, 0.5) is 5.82 Å². The largest absolute Gasteiger partial charge is 0.382 e. The average Bonchev–Trinajstić information content (AvgIpc) is 2.93. The van der Waals surface area contributed by atoms with Crippen molar-refractivity contribution in [1.82, 2.24) is 20.2 Å². The van der Waals surface area contributed by atoms with Gasteiger partial charge >= 0.3 is 0 Å². The summed E-state index contributed by atoms with van der Waals surface area (Å²) in [7, 11) is 0. The van der Waals surface area contributed by atoms with Crippen LogP contribution in [-0.2, 0) is 16.1 Å². The van der Waals surface area contributed by atoms with E-state index < -0.39 is 11.9 Å². The van der Waals surface area contributed by atoms with Gasteiger partial charge in [-0.15, -0.1) is 0 Å². The molecule has 1 aromatic heterocycles. The van der Waals surface area contributed by atoms with E-state index in [1.165, 1.54) is 4.90 Å². The van der Waals surface area contributed by atoms with E-state index in [2.05, 4.69) is 15.3 Å². The zero-order valence-corrected chi connectivity index (χ0v) is 14.2. The predicted octanol–water partition coefficient (Wildman–Crippen LogP) is 0.795. The molecule has 1 unspecified atom stereocenters. The van der Waals surface area contributed by atoms with Crippen molar-refractivity contribution in [2.45, 2.75) is 32.4 Å². The summed E-state index contributed by atoms with van der Waals surface area (Å²) in [6.45, 7) is 2.11. The molecule has 0 spiro atoms. The van der Waals surface area contributed by atoms with E-state index >= 15 is 0 Å². The Kier molecular flexibility index (Phi) is 3.68. The zero-order chi connectivity index (χ0) is 18.4. The van der Waals surface area contributed by atoms with E-state index in [4.69, 9.17) is 5.73 Å². The summed E-state index contributed by atoms with van der Waals surface area (Å²) >= 11 is 0. The minimum absolute atomic E-state index is 0.194. The number of aromatic nitrogens is 2. The van der Waals surface area contributed by atoms with Crippen LogP contribution in [0.2, 0.25) is 0 Å². The van der Waals surface area contributed by atoms with E-state index in [1.54, 1.807) is 19.2 Å². The number of imide groups is 1. The van der Waals surface area contributed by atoms with Gasteiger partial charge in [-0.25, -0.2) is 9.97 Å². The van der Waals surface area contributed by atoms with E-state index in [0.29, 0.717) is 35.7 Å². The van der Waals surface area contributed by atoms with Gasteiger partial charge in [0.1, 0.15) is 11.9 Å². The van der Waals surface area contributed by atoms with Crippen molar-refractivity contribution in [3.8, 4) is 11.3 Å². The number of piperidine rings is 1. The second kappa shape index (κ2) is 5.91. The van der Waals surface area contributed by atoms with Crippen LogP contribution in [-0.4, -0.2) is 38.6 Å². The highest BCUT2D eigenvalue weighted by Gasteiger charge is 2.39. The van der Waals surface area contributed by atoms with Gasteiger partial charge in [-0.3, -0.25) is 19.7 Å². The van der Waals surface area contributed by atoms with Crippen LogP contribution in [0.25, 0.3) is 11.3 Å². The first-order valence-corrected chi connectivity index (χ1v) is 8.31. The van der Waals surface area contributed by atoms with Gasteiger partial charge in [-0.2, -0.15) is 0 Å². The molecule has 0 saturated carbocycles. The van der Waals surface area contributed by atoms with Crippen LogP contribution in [0, 0.1) is 6.92 Å². The van der Waals surface area contributed by atoms with Crippen LogP contribution < -0.4 is 11.1 Å². The van der Waals surface area contributed by atoms with E-state index in [-0.39, 0.29) is 18.2 Å². The predicted molar refractivity (Wildman–Crippen MR) is 92.7 cm³/mol. The van der Waals surface area contributed by atoms with Gasteiger partial charge in [0.25, 0.3) is 5.91 Å². The van der Waals surface area contributed by atoms with Crippen LogP contribution in [0.15, 0.2) is 24.4 Å². The normalized spacial score (nSPS) is 19.5. The number of nitrogens with one attached hydrogen (secondary N) is 1. The van der Waals surface area contributed by atoms with Crippen molar-refractivity contribution in [3.63, 3.8) is 0 Å². The van der Waals surface area contributed by atoms with E-state index in [1.807, 2.05) is 12.1 Å². The van der Waals surface area contributed by atoms with Crippen molar-refractivity contribution >= 4 is 23.5 Å². The van der Waals surface area contributed by atoms with Crippen LogP contribution in [0.3, 0.4) is 0 Å². The first kappa shape index (κ1) is 16.2. The molecule has 3 amide bonds. The monoisotopic (exact) mass is 351 g/mol. The third-order valence-corrected chi connectivity index (χ3v) is 4.80. The third-order valence-electron chi connectivity index (χ3n) is 4.80. The lowest BCUT2D eigenvalue weighted by Gasteiger charge is -2.29. The SMILES string of the molecule is Cc1nc(-c2ccc3c(c2)CN(C2CCC(=O)NC2=O)C3=O)cnc1N. The second-order valence-corrected chi connectivity index (χ2v) is 6.50. The lowest BCUT2D eigenvalue weighted by Crippen LogP contribution is -2.52. The number of carbonyl (C=O) groups is 3. The van der Waals surface area contributed by atoms with Gasteiger partial charge in [0.15, 0.2) is 0 Å². The molecule has 2 aliphatic rings. The molecule has 3 heterocycles. The van der Waals surface area contributed by atoms with Crippen molar-refractivity contribution in [3.05, 3.63) is 41.2 Å². The molecule has 0 radical (unpaired) electrons. The topological polar surface area (TPSA) is 118 Å². The molecule has 4 rings (SSSR count). The lowest BCUT2D eigenvalue weighted by atomic mass is 10.0. The van der Waals surface area contributed by atoms with Gasteiger partial charge in [0, 0.05) is 24.1 Å². The molecule has 8 heteroatoms. The Morgan fingerprint density at radius 3 is 2.81 bits per heavy atom. The number of nitrogens with zero attached hydrogens (tertiary/aromatic N) is 3. The molecule has 26 heavy (non-hydrogen) atoms. The maximum Gasteiger partial charge on any atom is 0.255 e. The molecular weight excluding hydrogens is 334 g/mol. The summed E-state index contributed by atoms with van der Waals surface area (Å²) in [6, 6.07) is 4.82. The fraction of sp³-hybridized carbons (Fsp3) is 0.278. The summed E-state index contributed by atoms with van der Waals surface area (Å²) in [5.41, 5.74) is 9.25. The molecule has 3 N–H and O–H groups in total. The number of hydrogen-bond acceptors (Lipinski definition) is 6. The Bertz CT molecular complexity index is 956. The number of nitrogens with two attached hydrogens (primary N) is 1. The van der Waals surface area contributed by atoms with E-state index in [0.717, 1.165) is 11.1 Å². The second-order valence-electron chi connectivity index (χ2n) is 6.50. The highest BCUT2D eigenvalue weighted by Crippen LogP contribution is 2.30. The molecule has 8 nitrogen and oxygen atoms in total. The molecule has 1 saturated heterocycles. The number of aryl methyl sites for hydroxylation is 1. The fourth-order valence-electron chi connectivity index (χ4n) is 3.36. The summed E-state index contributed by atoms with van der Waals surface area (Å²) in [6.07, 6.45) is 2.18. The smallest absolute Gasteiger partial charge is 0.255 e. The quantitative estimate of drug-likeness (QED) is 0.773. The number of nitrogen functional groups attached to an aromatic ring is 1. The van der Waals surface area contributed by atoms with Crippen LogP contribution in [0.1, 0.15) is 34.5 Å². The maximum atomic E-state index is 12.7. The maximum absolute atomic E-state index is 12.7. The van der Waals surface area contributed by atoms with Crippen molar-refractivity contribution in [2.75, 3.05) is 5.73 Å². The van der Waals surface area contributed by atoms with Gasteiger partial charge in [0.2, 0.25) is 11.8 Å². The Balaban J connectivity index is 1.63. The van der Waals surface area contributed by atoms with Crippen molar-refractivity contribution < 1.29 is 14.4 Å². The molecule has 2 aromatic rings. The average molecular weight is 351 g/mol. The number of anilines is 1. The number of fused-ring (bicyclic) bond motifs is 1. The molecule has 1 atom stereocenters. The van der Waals surface area contributed by atoms with Crippen LogP contribution in [0.5, 0.6) is 0 Å². The molecule has 0 aliphatic carbocycles. The first-order chi connectivity index (χ1) is 12.4. The minimum atomic E-state index is -0.616. The van der Waals surface area contributed by atoms with Gasteiger partial charge in [0.05, 0.1) is 17.6 Å². The summed E-state index contributed by atoms with van der Waals surface area (Å²) in [5, 5.41) is 2.30. The molecule has 1 fully saturated rings. The summed E-state index contributed by atoms with van der Waals surface area (Å²) < 4.78 is 0. The lowest BCUT2D eigenvalue weighted by molar-refractivity contribution is -0.136. The van der Waals surface area contributed by atoms with Crippen molar-refractivity contribution in [2.24, 2.45) is 0 Å². The number of rotatable bonds is 2. The minimum Gasteiger partial charge on any atom is -0.382 e. The fourth-order valence-corrected chi connectivity index (χ4v) is 3.36. The molecule has 2 aliphatic heterocycles. The number of carbonyl (C=O) groups excluding carboxylic acids is 3. The molecule has 1 aromatic carbocycles. The summed E-state index contributed by atoms with van der Waals surface area (Å²) in [5.74, 6) is -0.521. The molecule has 0 bridgehead atoms. The molecular formula is C18H17N5O3. The Labute approximate surface area is 149 Å². The molecule has 132 valence electrons. The standard InChI is InChI=1S/C18H17N5O3/c1-9-16(19)20-7-13(21-9)10-2-3-12-11(6-10)8-23(18(12)26)14-4-5-15(24)22-17(14)25/h2-3,6-7,14H,4-5,8H2,1H3,(H2,19,20)(H,22,24,25). The Morgan fingerprint density at radius 1 is 1.27 bits per heavy atom. The van der Waals surface area contributed by atoms with E-state index in [9.17, 15) is 14.4 Å². The number of hydrogen-bond donors (Lipinski definition) is 2. The highest BCUT2D eigenvalue weighted by molar-refractivity contribution is 6.05. The van der Waals surface area contributed by atoms with Gasteiger partial charge in [-0.1, -0.05) is 6.07 Å². The zero-order valence-electron chi connectivity index (χ0n) is 14.2. The Hall–Kier alpha value is -3.29. The van der Waals surface area contributed by atoms with Gasteiger partial charge < -0.3 is 10.6 Å². The summed E-state index contributed by atoms with van der Waals surface area (Å²) in [4.78, 5) is 46.2. The third kappa shape index (κ3) is 2.59. The van der Waals surface area contributed by atoms with Crippen molar-refractivity contribution in [1.29, 1.82) is 0 Å². The highest BCUT2D eigenvalue weighted by atomic mass is 16.2. The number of benzene rings is 1. The van der Waals surface area contributed by atoms with Gasteiger partial charge in [-0.05, 0) is 31.0 Å². The number of amides is 3. The van der Waals surface area contributed by atoms with Crippen LogP contribution >= 0.6 is 0 Å². The first-order valence-electron chi connectivity index (χ1n) is 8.31.